The second kappa shape index (κ2) is 3.84. The van der Waals surface area contributed by atoms with Gasteiger partial charge in [0.25, 0.3) is 5.17 Å². The van der Waals surface area contributed by atoms with Gasteiger partial charge in [0, 0.05) is 0 Å². The number of hydrogen-bond donors (Lipinski definition) is 2. The van der Waals surface area contributed by atoms with Gasteiger partial charge >= 0.3 is 5.97 Å². The summed E-state index contributed by atoms with van der Waals surface area (Å²) in [6.45, 7) is 3.21. The SMILES string of the molecule is C=CC(OC(N)=S)C(=O)O. The number of carboxylic acids is 1. The van der Waals surface area contributed by atoms with Crippen LogP contribution in [-0.2, 0) is 9.53 Å². The molecule has 1 unspecified atom stereocenters. The minimum absolute atomic E-state index is 0.299. The maximum absolute atomic E-state index is 10.2. The molecule has 0 rings (SSSR count). The molecule has 0 bridgehead atoms. The predicted molar refractivity (Wildman–Crippen MR) is 39.5 cm³/mol. The Balaban J connectivity index is 3.96. The van der Waals surface area contributed by atoms with Crippen LogP contribution in [0, 0.1) is 0 Å². The number of carboxylic acid groups (broad SMARTS) is 1. The number of aliphatic carboxylic acids is 1. The molecule has 0 aromatic carbocycles. The Morgan fingerprint density at radius 1 is 1.90 bits per heavy atom. The number of carbonyl (C=O) groups is 1. The van der Waals surface area contributed by atoms with Crippen LogP contribution in [0.3, 0.4) is 0 Å². The smallest absolute Gasteiger partial charge is 0.349 e. The molecule has 0 saturated carbocycles. The molecule has 10 heavy (non-hydrogen) atoms. The van der Waals surface area contributed by atoms with Gasteiger partial charge in [0.05, 0.1) is 0 Å². The van der Waals surface area contributed by atoms with Crippen LogP contribution in [0.25, 0.3) is 0 Å². The molecule has 0 aromatic rings. The molecule has 1 atom stereocenters. The molecule has 0 saturated heterocycles. The number of ether oxygens (including phenoxy) is 1. The highest BCUT2D eigenvalue weighted by atomic mass is 32.1. The van der Waals surface area contributed by atoms with Gasteiger partial charge in [-0.25, -0.2) is 4.79 Å². The Hall–Kier alpha value is -1.10. The molecule has 3 N–H and O–H groups in total. The zero-order valence-electron chi connectivity index (χ0n) is 5.11. The molecule has 0 heterocycles. The summed E-state index contributed by atoms with van der Waals surface area (Å²) in [5.74, 6) is -1.16. The van der Waals surface area contributed by atoms with E-state index < -0.39 is 12.1 Å². The van der Waals surface area contributed by atoms with E-state index in [4.69, 9.17) is 10.8 Å². The maximum Gasteiger partial charge on any atom is 0.349 e. The van der Waals surface area contributed by atoms with Crippen LogP contribution in [0.1, 0.15) is 0 Å². The Morgan fingerprint density at radius 3 is 2.50 bits per heavy atom. The quantitative estimate of drug-likeness (QED) is 0.446. The Labute approximate surface area is 63.3 Å². The lowest BCUT2D eigenvalue weighted by molar-refractivity contribution is -0.143. The van der Waals surface area contributed by atoms with Gasteiger partial charge in [0.2, 0.25) is 6.10 Å². The minimum Gasteiger partial charge on any atom is -0.478 e. The molecular weight excluding hydrogens is 154 g/mol. The minimum atomic E-state index is -1.16. The van der Waals surface area contributed by atoms with Gasteiger partial charge < -0.3 is 15.6 Å². The van der Waals surface area contributed by atoms with E-state index in [1.165, 1.54) is 0 Å². The lowest BCUT2D eigenvalue weighted by atomic mass is 10.4. The third-order valence-corrected chi connectivity index (χ3v) is 0.797. The molecule has 4 nitrogen and oxygen atoms in total. The Bertz CT molecular complexity index is 168. The molecule has 0 aliphatic rings. The lowest BCUT2D eigenvalue weighted by Crippen LogP contribution is -2.27. The van der Waals surface area contributed by atoms with Crippen molar-refractivity contribution in [2.75, 3.05) is 0 Å². The molecule has 0 fully saturated rings. The maximum atomic E-state index is 10.2. The summed E-state index contributed by atoms with van der Waals surface area (Å²) in [6.07, 6.45) is -0.0425. The third kappa shape index (κ3) is 3.03. The molecule has 0 spiro atoms. The van der Waals surface area contributed by atoms with Crippen LogP contribution >= 0.6 is 12.2 Å². The molecule has 0 aliphatic carbocycles. The van der Waals surface area contributed by atoms with Crippen molar-refractivity contribution in [1.29, 1.82) is 0 Å². The first-order chi connectivity index (χ1) is 4.57. The second-order valence-corrected chi connectivity index (χ2v) is 1.83. The Kier molecular flexibility index (Phi) is 3.42. The molecule has 0 amide bonds. The number of rotatable bonds is 3. The zero-order chi connectivity index (χ0) is 8.15. The summed E-state index contributed by atoms with van der Waals surface area (Å²) in [5, 5.41) is 8.01. The van der Waals surface area contributed by atoms with Gasteiger partial charge in [0.1, 0.15) is 0 Å². The van der Waals surface area contributed by atoms with Crippen molar-refractivity contribution in [1.82, 2.24) is 0 Å². The summed E-state index contributed by atoms with van der Waals surface area (Å²) in [7, 11) is 0. The Morgan fingerprint density at radius 2 is 2.40 bits per heavy atom. The van der Waals surface area contributed by atoms with Crippen molar-refractivity contribution in [3.63, 3.8) is 0 Å². The van der Waals surface area contributed by atoms with Crippen LogP contribution in [0.2, 0.25) is 0 Å². The fraction of sp³-hybridized carbons (Fsp3) is 0.200. The summed E-state index contributed by atoms with van der Waals surface area (Å²) in [5.41, 5.74) is 4.90. The predicted octanol–water partition coefficient (Wildman–Crippen LogP) is -0.114. The van der Waals surface area contributed by atoms with Crippen molar-refractivity contribution >= 4 is 23.4 Å². The van der Waals surface area contributed by atoms with E-state index in [0.717, 1.165) is 6.08 Å². The summed E-state index contributed by atoms with van der Waals surface area (Å²) < 4.78 is 4.45. The first-order valence-electron chi connectivity index (χ1n) is 2.39. The third-order valence-electron chi connectivity index (χ3n) is 0.701. The largest absolute Gasteiger partial charge is 0.478 e. The fourth-order valence-electron chi connectivity index (χ4n) is 0.324. The fourth-order valence-corrected chi connectivity index (χ4v) is 0.428. The highest BCUT2D eigenvalue weighted by molar-refractivity contribution is 7.80. The van der Waals surface area contributed by atoms with Gasteiger partial charge in [-0.15, -0.1) is 0 Å². The van der Waals surface area contributed by atoms with E-state index in [-0.39, 0.29) is 5.17 Å². The van der Waals surface area contributed by atoms with Crippen LogP contribution in [0.4, 0.5) is 0 Å². The number of hydrogen-bond acceptors (Lipinski definition) is 3. The molecule has 5 heteroatoms. The van der Waals surface area contributed by atoms with E-state index in [0.29, 0.717) is 0 Å². The van der Waals surface area contributed by atoms with Crippen LogP contribution in [0.5, 0.6) is 0 Å². The van der Waals surface area contributed by atoms with Crippen LogP contribution in [-0.4, -0.2) is 22.4 Å². The van der Waals surface area contributed by atoms with Gasteiger partial charge in [0.15, 0.2) is 0 Å². The van der Waals surface area contributed by atoms with E-state index in [1.807, 2.05) is 0 Å². The monoisotopic (exact) mass is 161 g/mol. The first kappa shape index (κ1) is 8.90. The average molecular weight is 161 g/mol. The van der Waals surface area contributed by atoms with Crippen LogP contribution < -0.4 is 5.73 Å². The highest BCUT2D eigenvalue weighted by Crippen LogP contribution is 1.92. The highest BCUT2D eigenvalue weighted by Gasteiger charge is 2.14. The van der Waals surface area contributed by atoms with Gasteiger partial charge in [-0.2, -0.15) is 0 Å². The summed E-state index contributed by atoms with van der Waals surface area (Å²) >= 11 is 4.30. The van der Waals surface area contributed by atoms with Crippen molar-refractivity contribution in [3.8, 4) is 0 Å². The average Bonchev–Trinajstić information content (AvgIpc) is 1.81. The molecule has 0 aromatic heterocycles. The normalized spacial score (nSPS) is 11.6. The van der Waals surface area contributed by atoms with Gasteiger partial charge in [-0.3, -0.25) is 0 Å². The van der Waals surface area contributed by atoms with Crippen LogP contribution in [0.15, 0.2) is 12.7 Å². The molecule has 56 valence electrons. The van der Waals surface area contributed by atoms with Crippen molar-refractivity contribution in [2.24, 2.45) is 5.73 Å². The first-order valence-corrected chi connectivity index (χ1v) is 2.80. The van der Waals surface area contributed by atoms with E-state index in [1.54, 1.807) is 0 Å². The lowest BCUT2D eigenvalue weighted by Gasteiger charge is -2.07. The summed E-state index contributed by atoms with van der Waals surface area (Å²) in [6, 6.07) is 0. The van der Waals surface area contributed by atoms with E-state index in [2.05, 4.69) is 23.5 Å². The van der Waals surface area contributed by atoms with E-state index in [9.17, 15) is 4.79 Å². The molecule has 0 aliphatic heterocycles. The van der Waals surface area contributed by atoms with Crippen molar-refractivity contribution < 1.29 is 14.6 Å². The zero-order valence-corrected chi connectivity index (χ0v) is 5.93. The van der Waals surface area contributed by atoms with E-state index >= 15 is 0 Å². The topological polar surface area (TPSA) is 72.5 Å². The standard InChI is InChI=1S/C5H7NO3S/c1-2-3(4(7)8)9-5(6)10/h2-3H,1H2,(H2,6,10)(H,7,8). The van der Waals surface area contributed by atoms with Gasteiger partial charge in [-0.05, 0) is 18.3 Å². The number of thiocarbonyl (C=S) groups is 1. The molecular formula is C5H7NO3S. The molecule has 0 radical (unpaired) electrons. The second-order valence-electron chi connectivity index (χ2n) is 1.43. The summed E-state index contributed by atoms with van der Waals surface area (Å²) in [4.78, 5) is 10.2. The van der Waals surface area contributed by atoms with Crippen molar-refractivity contribution in [3.05, 3.63) is 12.7 Å². The number of nitrogens with two attached hydrogens (primary N) is 1. The van der Waals surface area contributed by atoms with Crippen molar-refractivity contribution in [2.45, 2.75) is 6.10 Å². The van der Waals surface area contributed by atoms with Gasteiger partial charge in [-0.1, -0.05) is 6.58 Å².